The minimum absolute atomic E-state index is 0.156. The van der Waals surface area contributed by atoms with E-state index in [9.17, 15) is 14.7 Å². The molecule has 0 spiro atoms. The lowest BCUT2D eigenvalue weighted by atomic mass is 9.87. The predicted octanol–water partition coefficient (Wildman–Crippen LogP) is 1.40. The summed E-state index contributed by atoms with van der Waals surface area (Å²) in [5.41, 5.74) is 0.322. The van der Waals surface area contributed by atoms with E-state index in [4.69, 9.17) is 0 Å². The highest BCUT2D eigenvalue weighted by molar-refractivity contribution is 5.95. The molecule has 116 valence electrons. The summed E-state index contributed by atoms with van der Waals surface area (Å²) in [6, 6.07) is 2.97. The van der Waals surface area contributed by atoms with Crippen molar-refractivity contribution in [3.8, 4) is 0 Å². The van der Waals surface area contributed by atoms with Crippen molar-refractivity contribution in [1.29, 1.82) is 0 Å². The molecule has 0 bridgehead atoms. The number of nitrogens with one attached hydrogen (secondary N) is 1. The number of aromatic nitrogens is 1. The number of methoxy groups -OCH3 is 1. The van der Waals surface area contributed by atoms with Gasteiger partial charge in [0.25, 0.3) is 5.91 Å². The number of rotatable bonds is 6. The second-order valence-corrected chi connectivity index (χ2v) is 5.82. The van der Waals surface area contributed by atoms with Crippen LogP contribution in [0.4, 0.5) is 0 Å². The molecule has 0 aromatic carbocycles. The van der Waals surface area contributed by atoms with Crippen LogP contribution in [-0.4, -0.2) is 41.7 Å². The first-order chi connectivity index (χ1) is 9.75. The van der Waals surface area contributed by atoms with E-state index in [1.165, 1.54) is 25.4 Å². The van der Waals surface area contributed by atoms with Gasteiger partial charge in [0.1, 0.15) is 5.69 Å². The molecule has 6 nitrogen and oxygen atoms in total. The van der Waals surface area contributed by atoms with E-state index in [0.29, 0.717) is 18.5 Å². The van der Waals surface area contributed by atoms with Crippen LogP contribution in [0, 0.1) is 5.41 Å². The average Bonchev–Trinajstić information content (AvgIpc) is 2.43. The molecule has 1 aromatic rings. The number of carbonyl (C=O) groups excluding carboxylic acids is 2. The quantitative estimate of drug-likeness (QED) is 0.774. The molecule has 0 aliphatic carbocycles. The minimum atomic E-state index is -0.542. The molecule has 1 heterocycles. The number of ether oxygens (including phenoxy) is 1. The fourth-order valence-corrected chi connectivity index (χ4v) is 2.05. The monoisotopic (exact) mass is 294 g/mol. The fraction of sp³-hybridized carbons (Fsp3) is 0.533. The van der Waals surface area contributed by atoms with Gasteiger partial charge in [0.05, 0.1) is 18.8 Å². The Kier molecular flexibility index (Phi) is 5.84. The molecule has 0 radical (unpaired) electrons. The third-order valence-electron chi connectivity index (χ3n) is 3.00. The van der Waals surface area contributed by atoms with Crippen molar-refractivity contribution in [3.05, 3.63) is 29.6 Å². The van der Waals surface area contributed by atoms with E-state index in [0.717, 1.165) is 0 Å². The zero-order valence-corrected chi connectivity index (χ0v) is 12.8. The highest BCUT2D eigenvalue weighted by Crippen LogP contribution is 2.21. The summed E-state index contributed by atoms with van der Waals surface area (Å²) in [5.74, 6) is -0.808. The number of hydrogen-bond donors (Lipinski definition) is 2. The Morgan fingerprint density at radius 2 is 2.10 bits per heavy atom. The van der Waals surface area contributed by atoms with Gasteiger partial charge in [-0.2, -0.15) is 0 Å². The van der Waals surface area contributed by atoms with Crippen molar-refractivity contribution in [2.75, 3.05) is 13.7 Å². The van der Waals surface area contributed by atoms with Crippen LogP contribution in [0.25, 0.3) is 0 Å². The molecule has 0 fully saturated rings. The number of hydrogen-bond acceptors (Lipinski definition) is 5. The third-order valence-corrected chi connectivity index (χ3v) is 3.00. The number of esters is 1. The van der Waals surface area contributed by atoms with Gasteiger partial charge in [-0.1, -0.05) is 13.8 Å². The lowest BCUT2D eigenvalue weighted by Gasteiger charge is -2.26. The van der Waals surface area contributed by atoms with Gasteiger partial charge in [0.15, 0.2) is 0 Å². The highest BCUT2D eigenvalue weighted by atomic mass is 16.5. The van der Waals surface area contributed by atoms with Crippen molar-refractivity contribution < 1.29 is 19.4 Å². The second kappa shape index (κ2) is 7.17. The Hall–Kier alpha value is -1.95. The number of amides is 1. The SMILES string of the molecule is COC(=O)c1ccc(C(=O)NCC(C)(C)C[C@@H](C)O)cn1. The molecule has 0 aliphatic heterocycles. The molecule has 0 aliphatic rings. The van der Waals surface area contributed by atoms with Gasteiger partial charge in [0, 0.05) is 12.7 Å². The summed E-state index contributed by atoms with van der Waals surface area (Å²) in [5, 5.41) is 12.2. The molecule has 1 atom stereocenters. The normalized spacial score (nSPS) is 12.6. The summed E-state index contributed by atoms with van der Waals surface area (Å²) in [4.78, 5) is 27.1. The maximum absolute atomic E-state index is 12.0. The van der Waals surface area contributed by atoms with Gasteiger partial charge in [-0.05, 0) is 30.9 Å². The lowest BCUT2D eigenvalue weighted by Crippen LogP contribution is -2.35. The zero-order valence-electron chi connectivity index (χ0n) is 12.8. The molecule has 0 saturated carbocycles. The first-order valence-corrected chi connectivity index (χ1v) is 6.76. The van der Waals surface area contributed by atoms with Crippen LogP contribution in [0.2, 0.25) is 0 Å². The van der Waals surface area contributed by atoms with Crippen LogP contribution >= 0.6 is 0 Å². The molecule has 1 rings (SSSR count). The first kappa shape index (κ1) is 17.1. The molecule has 1 aromatic heterocycles. The van der Waals surface area contributed by atoms with Crippen LogP contribution in [0.3, 0.4) is 0 Å². The smallest absolute Gasteiger partial charge is 0.356 e. The molecular weight excluding hydrogens is 272 g/mol. The van der Waals surface area contributed by atoms with Gasteiger partial charge >= 0.3 is 5.97 Å². The number of aliphatic hydroxyl groups is 1. The van der Waals surface area contributed by atoms with Crippen molar-refractivity contribution in [3.63, 3.8) is 0 Å². The van der Waals surface area contributed by atoms with Gasteiger partial charge in [-0.3, -0.25) is 4.79 Å². The number of carbonyl (C=O) groups is 2. The fourth-order valence-electron chi connectivity index (χ4n) is 2.05. The van der Waals surface area contributed by atoms with E-state index >= 15 is 0 Å². The zero-order chi connectivity index (χ0) is 16.0. The Morgan fingerprint density at radius 3 is 2.57 bits per heavy atom. The Morgan fingerprint density at radius 1 is 1.43 bits per heavy atom. The lowest BCUT2D eigenvalue weighted by molar-refractivity contribution is 0.0593. The maximum Gasteiger partial charge on any atom is 0.356 e. The molecular formula is C15H22N2O4. The molecule has 1 amide bonds. The summed E-state index contributed by atoms with van der Waals surface area (Å²) >= 11 is 0. The van der Waals surface area contributed by atoms with Crippen molar-refractivity contribution in [1.82, 2.24) is 10.3 Å². The van der Waals surface area contributed by atoms with E-state index in [1.54, 1.807) is 6.92 Å². The predicted molar refractivity (Wildman–Crippen MR) is 78.0 cm³/mol. The van der Waals surface area contributed by atoms with Crippen LogP contribution < -0.4 is 5.32 Å². The topological polar surface area (TPSA) is 88.5 Å². The number of pyridine rings is 1. The van der Waals surface area contributed by atoms with E-state index in [-0.39, 0.29) is 17.0 Å². The Labute approximate surface area is 124 Å². The molecule has 6 heteroatoms. The van der Waals surface area contributed by atoms with Gasteiger partial charge < -0.3 is 15.2 Å². The molecule has 0 saturated heterocycles. The number of aliphatic hydroxyl groups excluding tert-OH is 1. The summed E-state index contributed by atoms with van der Waals surface area (Å²) in [6.07, 6.45) is 1.51. The van der Waals surface area contributed by atoms with E-state index < -0.39 is 12.1 Å². The summed E-state index contributed by atoms with van der Waals surface area (Å²) in [7, 11) is 1.27. The Bertz CT molecular complexity index is 495. The van der Waals surface area contributed by atoms with Crippen molar-refractivity contribution in [2.24, 2.45) is 5.41 Å². The highest BCUT2D eigenvalue weighted by Gasteiger charge is 2.21. The van der Waals surface area contributed by atoms with Gasteiger partial charge in [-0.15, -0.1) is 0 Å². The maximum atomic E-state index is 12.0. The molecule has 0 unspecified atom stereocenters. The van der Waals surface area contributed by atoms with E-state index in [2.05, 4.69) is 15.0 Å². The first-order valence-electron chi connectivity index (χ1n) is 6.76. The third kappa shape index (κ3) is 5.51. The van der Waals surface area contributed by atoms with Gasteiger partial charge in [0.2, 0.25) is 0 Å². The van der Waals surface area contributed by atoms with Crippen molar-refractivity contribution >= 4 is 11.9 Å². The summed E-state index contributed by atoms with van der Waals surface area (Å²) in [6.45, 7) is 6.10. The Balaban J connectivity index is 2.62. The van der Waals surface area contributed by atoms with Crippen LogP contribution in [0.1, 0.15) is 48.0 Å². The standard InChI is InChI=1S/C15H22N2O4/c1-10(18)7-15(2,3)9-17-13(19)11-5-6-12(16-8-11)14(20)21-4/h5-6,8,10,18H,7,9H2,1-4H3,(H,17,19)/t10-/m1/s1. The molecule has 21 heavy (non-hydrogen) atoms. The van der Waals surface area contributed by atoms with Crippen LogP contribution in [0.15, 0.2) is 18.3 Å². The van der Waals surface area contributed by atoms with Crippen LogP contribution in [-0.2, 0) is 4.74 Å². The van der Waals surface area contributed by atoms with E-state index in [1.807, 2.05) is 13.8 Å². The largest absolute Gasteiger partial charge is 0.464 e. The van der Waals surface area contributed by atoms with Crippen molar-refractivity contribution in [2.45, 2.75) is 33.3 Å². The summed E-state index contributed by atoms with van der Waals surface area (Å²) < 4.78 is 4.54. The average molecular weight is 294 g/mol. The minimum Gasteiger partial charge on any atom is -0.464 e. The molecule has 2 N–H and O–H groups in total. The second-order valence-electron chi connectivity index (χ2n) is 5.82. The number of nitrogens with zero attached hydrogens (tertiary/aromatic N) is 1. The van der Waals surface area contributed by atoms with Gasteiger partial charge in [-0.25, -0.2) is 9.78 Å². The van der Waals surface area contributed by atoms with Crippen LogP contribution in [0.5, 0.6) is 0 Å².